The summed E-state index contributed by atoms with van der Waals surface area (Å²) in [6.07, 6.45) is -0.388. The van der Waals surface area contributed by atoms with Crippen molar-refractivity contribution >= 4 is 5.82 Å². The summed E-state index contributed by atoms with van der Waals surface area (Å²) in [7, 11) is 0. The zero-order valence-electron chi connectivity index (χ0n) is 9.56. The normalized spacial score (nSPS) is 26.4. The molecule has 1 aliphatic heterocycles. The molecule has 0 bridgehead atoms. The second-order valence-corrected chi connectivity index (χ2v) is 4.25. The Kier molecular flexibility index (Phi) is 3.35. The lowest BCUT2D eigenvalue weighted by molar-refractivity contribution is -0.150. The number of hydrogen-bond donors (Lipinski definition) is 4. The van der Waals surface area contributed by atoms with E-state index in [-0.39, 0.29) is 12.2 Å². The van der Waals surface area contributed by atoms with E-state index < -0.39 is 36.8 Å². The highest BCUT2D eigenvalue weighted by atomic mass is 16.6. The van der Waals surface area contributed by atoms with Gasteiger partial charge in [0.05, 0.1) is 19.3 Å². The number of nitrogens with two attached hydrogens (primary N) is 1. The van der Waals surface area contributed by atoms with E-state index in [4.69, 9.17) is 10.5 Å². The van der Waals surface area contributed by atoms with Crippen LogP contribution in [-0.2, 0) is 4.74 Å². The van der Waals surface area contributed by atoms with E-state index in [2.05, 4.69) is 4.98 Å². The number of aliphatic hydroxyl groups is 3. The van der Waals surface area contributed by atoms with Crippen molar-refractivity contribution in [2.75, 3.05) is 18.9 Å². The molecule has 5 N–H and O–H groups in total. The number of ether oxygens (including phenoxy) is 1. The second-order valence-electron chi connectivity index (χ2n) is 4.25. The van der Waals surface area contributed by atoms with Gasteiger partial charge in [0.2, 0.25) is 0 Å². The van der Waals surface area contributed by atoms with Crippen LogP contribution in [0.15, 0.2) is 17.1 Å². The molecule has 0 aliphatic carbocycles. The van der Waals surface area contributed by atoms with Crippen LogP contribution in [0.2, 0.25) is 0 Å². The fourth-order valence-electron chi connectivity index (χ4n) is 1.95. The second kappa shape index (κ2) is 4.65. The van der Waals surface area contributed by atoms with E-state index in [1.165, 1.54) is 12.3 Å². The number of nitrogen functional groups attached to an aromatic ring is 1. The van der Waals surface area contributed by atoms with Crippen LogP contribution in [0.4, 0.5) is 5.82 Å². The van der Waals surface area contributed by atoms with Gasteiger partial charge in [-0.1, -0.05) is 0 Å². The maximum absolute atomic E-state index is 11.6. The van der Waals surface area contributed by atoms with Gasteiger partial charge in [-0.3, -0.25) is 4.57 Å². The van der Waals surface area contributed by atoms with Crippen molar-refractivity contribution in [1.82, 2.24) is 9.55 Å². The number of aliphatic hydroxyl groups excluding tert-OH is 3. The van der Waals surface area contributed by atoms with Gasteiger partial charge in [-0.2, -0.15) is 4.98 Å². The molecule has 2 atom stereocenters. The van der Waals surface area contributed by atoms with Gasteiger partial charge in [-0.05, 0) is 6.07 Å². The summed E-state index contributed by atoms with van der Waals surface area (Å²) in [4.78, 5) is 15.1. The van der Waals surface area contributed by atoms with Gasteiger partial charge in [-0.15, -0.1) is 0 Å². The summed E-state index contributed by atoms with van der Waals surface area (Å²) < 4.78 is 6.56. The smallest absolute Gasteiger partial charge is 0.351 e. The summed E-state index contributed by atoms with van der Waals surface area (Å²) in [5, 5.41) is 28.2. The zero-order chi connectivity index (χ0) is 13.3. The fourth-order valence-corrected chi connectivity index (χ4v) is 1.95. The van der Waals surface area contributed by atoms with Crippen molar-refractivity contribution in [1.29, 1.82) is 0 Å². The Morgan fingerprint density at radius 2 is 2.22 bits per heavy atom. The Morgan fingerprint density at radius 1 is 1.56 bits per heavy atom. The summed E-state index contributed by atoms with van der Waals surface area (Å²) >= 11 is 0. The first-order valence-corrected chi connectivity index (χ1v) is 5.44. The number of rotatable bonds is 3. The van der Waals surface area contributed by atoms with Gasteiger partial charge in [-0.25, -0.2) is 4.79 Å². The maximum atomic E-state index is 11.6. The molecule has 0 spiro atoms. The summed E-state index contributed by atoms with van der Waals surface area (Å²) in [5.74, 6) is 0.0883. The quantitative estimate of drug-likeness (QED) is 0.484. The molecule has 2 heterocycles. The molecule has 0 radical (unpaired) electrons. The molecule has 8 nitrogen and oxygen atoms in total. The largest absolute Gasteiger partial charge is 0.393 e. The third-order valence-corrected chi connectivity index (χ3v) is 3.10. The van der Waals surface area contributed by atoms with Crippen molar-refractivity contribution in [3.05, 3.63) is 22.7 Å². The topological polar surface area (TPSA) is 131 Å². The van der Waals surface area contributed by atoms with Crippen LogP contribution in [0.1, 0.15) is 12.6 Å². The molecular weight excluding hydrogens is 242 g/mol. The minimum absolute atomic E-state index is 0.0760. The highest BCUT2D eigenvalue weighted by Gasteiger charge is 2.48. The molecule has 0 unspecified atom stereocenters. The van der Waals surface area contributed by atoms with Crippen molar-refractivity contribution in [2.45, 2.75) is 24.4 Å². The molecule has 1 fully saturated rings. The van der Waals surface area contributed by atoms with Gasteiger partial charge >= 0.3 is 5.69 Å². The lowest BCUT2D eigenvalue weighted by atomic mass is 9.99. The first kappa shape index (κ1) is 13.0. The van der Waals surface area contributed by atoms with Gasteiger partial charge in [0.1, 0.15) is 17.6 Å². The standard InChI is InChI=1S/C10H15N3O5/c11-7-1-2-13(9(17)12-7)8-3-6(16)10(4-14,5-15)18-8/h1-2,6,8,14-16H,3-5H2,(H2,11,12,17)/t6-,8+/m0/s1. The molecule has 1 aliphatic rings. The van der Waals surface area contributed by atoms with E-state index >= 15 is 0 Å². The molecule has 0 amide bonds. The Balaban J connectivity index is 2.30. The molecule has 0 saturated carbocycles. The minimum Gasteiger partial charge on any atom is -0.393 e. The summed E-state index contributed by atoms with van der Waals surface area (Å²) in [5.41, 5.74) is 3.30. The van der Waals surface area contributed by atoms with Crippen LogP contribution in [0.5, 0.6) is 0 Å². The van der Waals surface area contributed by atoms with Crippen molar-refractivity contribution in [3.8, 4) is 0 Å². The highest BCUT2D eigenvalue weighted by Crippen LogP contribution is 2.35. The zero-order valence-corrected chi connectivity index (χ0v) is 9.56. The molecule has 2 rings (SSSR count). The van der Waals surface area contributed by atoms with Gasteiger partial charge in [0, 0.05) is 12.6 Å². The first-order chi connectivity index (χ1) is 8.52. The summed E-state index contributed by atoms with van der Waals surface area (Å²) in [6, 6.07) is 1.43. The Bertz CT molecular complexity index is 485. The van der Waals surface area contributed by atoms with Crippen LogP contribution >= 0.6 is 0 Å². The number of aromatic nitrogens is 2. The molecule has 8 heteroatoms. The van der Waals surface area contributed by atoms with Crippen LogP contribution in [0, 0.1) is 0 Å². The van der Waals surface area contributed by atoms with Crippen molar-refractivity contribution in [2.24, 2.45) is 0 Å². The summed E-state index contributed by atoms with van der Waals surface area (Å²) in [6.45, 7) is -1.09. The first-order valence-electron chi connectivity index (χ1n) is 5.44. The van der Waals surface area contributed by atoms with Crippen LogP contribution < -0.4 is 11.4 Å². The molecule has 18 heavy (non-hydrogen) atoms. The molecule has 1 aromatic rings. The predicted molar refractivity (Wildman–Crippen MR) is 60.6 cm³/mol. The van der Waals surface area contributed by atoms with E-state index in [1.807, 2.05) is 0 Å². The van der Waals surface area contributed by atoms with Crippen molar-refractivity contribution in [3.63, 3.8) is 0 Å². The Morgan fingerprint density at radius 3 is 2.72 bits per heavy atom. The van der Waals surface area contributed by atoms with Crippen LogP contribution in [0.3, 0.4) is 0 Å². The molecule has 100 valence electrons. The highest BCUT2D eigenvalue weighted by molar-refractivity contribution is 5.23. The third kappa shape index (κ3) is 1.99. The molecular formula is C10H15N3O5. The van der Waals surface area contributed by atoms with Crippen LogP contribution in [-0.4, -0.2) is 49.8 Å². The lowest BCUT2D eigenvalue weighted by Gasteiger charge is -2.27. The number of nitrogens with zero attached hydrogens (tertiary/aromatic N) is 2. The van der Waals surface area contributed by atoms with Crippen LogP contribution in [0.25, 0.3) is 0 Å². The lowest BCUT2D eigenvalue weighted by Crippen LogP contribution is -2.46. The SMILES string of the molecule is Nc1ccn([C@H]2C[C@H](O)C(CO)(CO)O2)c(=O)n1. The van der Waals surface area contributed by atoms with E-state index in [0.29, 0.717) is 0 Å². The Hall–Kier alpha value is -1.48. The Labute approximate surface area is 102 Å². The van der Waals surface area contributed by atoms with Gasteiger partial charge in [0.15, 0.2) is 0 Å². The fraction of sp³-hybridized carbons (Fsp3) is 0.600. The number of anilines is 1. The molecule has 1 aromatic heterocycles. The molecule has 1 saturated heterocycles. The minimum atomic E-state index is -1.45. The monoisotopic (exact) mass is 257 g/mol. The predicted octanol–water partition coefficient (Wildman–Crippen LogP) is -2.17. The maximum Gasteiger partial charge on any atom is 0.351 e. The van der Waals surface area contributed by atoms with Gasteiger partial charge < -0.3 is 25.8 Å². The van der Waals surface area contributed by atoms with Crippen molar-refractivity contribution < 1.29 is 20.1 Å². The number of hydrogen-bond acceptors (Lipinski definition) is 7. The van der Waals surface area contributed by atoms with Gasteiger partial charge in [0.25, 0.3) is 0 Å². The van der Waals surface area contributed by atoms with E-state index in [0.717, 1.165) is 4.57 Å². The molecule has 0 aromatic carbocycles. The van der Waals surface area contributed by atoms with E-state index in [9.17, 15) is 20.1 Å². The van der Waals surface area contributed by atoms with E-state index in [1.54, 1.807) is 0 Å². The third-order valence-electron chi connectivity index (χ3n) is 3.10. The average molecular weight is 257 g/mol. The average Bonchev–Trinajstić information content (AvgIpc) is 2.67.